The van der Waals surface area contributed by atoms with Gasteiger partial charge < -0.3 is 15.5 Å². The predicted octanol–water partition coefficient (Wildman–Crippen LogP) is 0.991. The number of nitrogens with two attached hydrogens (primary N) is 1. The summed E-state index contributed by atoms with van der Waals surface area (Å²) in [6, 6.07) is 1.77. The van der Waals surface area contributed by atoms with Gasteiger partial charge in [-0.2, -0.15) is 0 Å². The van der Waals surface area contributed by atoms with Crippen molar-refractivity contribution in [1.82, 2.24) is 9.97 Å². The molecule has 0 radical (unpaired) electrons. The molecule has 0 amide bonds. The van der Waals surface area contributed by atoms with Gasteiger partial charge in [-0.1, -0.05) is 0 Å². The minimum atomic E-state index is 0.608. The fourth-order valence-corrected chi connectivity index (χ4v) is 1.30. The molecule has 16 heavy (non-hydrogen) atoms. The molecule has 0 aromatic carbocycles. The second-order valence-electron chi connectivity index (χ2n) is 3.41. The molecular formula is C10H19N5O. The van der Waals surface area contributed by atoms with Crippen LogP contribution in [0.25, 0.3) is 0 Å². The van der Waals surface area contributed by atoms with Crippen molar-refractivity contribution in [2.75, 3.05) is 31.0 Å². The standard InChI is InChI=1S/C10H19N5O/c1-16-6-4-2-3-5-12-9-7-10(15-11)14-8-13-9/h7-8H,2-6,11H2,1H3,(H2,12,13,14,15). The molecule has 0 fully saturated rings. The van der Waals surface area contributed by atoms with Crippen molar-refractivity contribution in [3.63, 3.8) is 0 Å². The fourth-order valence-electron chi connectivity index (χ4n) is 1.30. The van der Waals surface area contributed by atoms with Gasteiger partial charge in [0.25, 0.3) is 0 Å². The number of anilines is 2. The van der Waals surface area contributed by atoms with Crippen molar-refractivity contribution < 1.29 is 4.74 Å². The van der Waals surface area contributed by atoms with Crippen LogP contribution in [0.3, 0.4) is 0 Å². The molecule has 0 spiro atoms. The number of rotatable bonds is 8. The number of ether oxygens (including phenoxy) is 1. The predicted molar refractivity (Wildman–Crippen MR) is 64.1 cm³/mol. The van der Waals surface area contributed by atoms with Crippen molar-refractivity contribution in [1.29, 1.82) is 0 Å². The average Bonchev–Trinajstić information content (AvgIpc) is 2.34. The van der Waals surface area contributed by atoms with Crippen LogP contribution < -0.4 is 16.6 Å². The third-order valence-corrected chi connectivity index (χ3v) is 2.15. The van der Waals surface area contributed by atoms with E-state index in [1.165, 1.54) is 6.33 Å². The van der Waals surface area contributed by atoms with E-state index in [2.05, 4.69) is 20.7 Å². The Labute approximate surface area is 95.6 Å². The van der Waals surface area contributed by atoms with Crippen LogP contribution in [0.4, 0.5) is 11.6 Å². The van der Waals surface area contributed by atoms with E-state index in [4.69, 9.17) is 10.6 Å². The largest absolute Gasteiger partial charge is 0.385 e. The van der Waals surface area contributed by atoms with Gasteiger partial charge in [0.15, 0.2) is 0 Å². The van der Waals surface area contributed by atoms with Crippen LogP contribution in [-0.4, -0.2) is 30.2 Å². The molecule has 1 aromatic heterocycles. The molecule has 0 unspecified atom stereocenters. The lowest BCUT2D eigenvalue weighted by molar-refractivity contribution is 0.192. The number of aromatic nitrogens is 2. The van der Waals surface area contributed by atoms with Gasteiger partial charge in [0.2, 0.25) is 0 Å². The zero-order chi connectivity index (χ0) is 11.6. The van der Waals surface area contributed by atoms with Crippen LogP contribution in [0.5, 0.6) is 0 Å². The second-order valence-corrected chi connectivity index (χ2v) is 3.41. The molecule has 0 atom stereocenters. The van der Waals surface area contributed by atoms with Gasteiger partial charge in [-0.15, -0.1) is 0 Å². The first kappa shape index (κ1) is 12.7. The lowest BCUT2D eigenvalue weighted by atomic mass is 10.2. The van der Waals surface area contributed by atoms with Crippen LogP contribution >= 0.6 is 0 Å². The first-order chi connectivity index (χ1) is 7.86. The summed E-state index contributed by atoms with van der Waals surface area (Å²) in [6.45, 7) is 1.72. The Morgan fingerprint density at radius 2 is 2.06 bits per heavy atom. The van der Waals surface area contributed by atoms with Gasteiger partial charge in [0.05, 0.1) is 0 Å². The Morgan fingerprint density at radius 3 is 2.81 bits per heavy atom. The highest BCUT2D eigenvalue weighted by Gasteiger charge is 1.96. The molecular weight excluding hydrogens is 206 g/mol. The monoisotopic (exact) mass is 225 g/mol. The molecule has 90 valence electrons. The van der Waals surface area contributed by atoms with Gasteiger partial charge in [0.1, 0.15) is 18.0 Å². The number of methoxy groups -OCH3 is 1. The highest BCUT2D eigenvalue weighted by Crippen LogP contribution is 2.07. The minimum absolute atomic E-state index is 0.608. The number of hydrogen-bond donors (Lipinski definition) is 3. The summed E-state index contributed by atoms with van der Waals surface area (Å²) in [4.78, 5) is 8.00. The summed E-state index contributed by atoms with van der Waals surface area (Å²) in [5, 5.41) is 3.21. The maximum atomic E-state index is 5.25. The summed E-state index contributed by atoms with van der Waals surface area (Å²) in [5.74, 6) is 6.64. The molecule has 0 bridgehead atoms. The number of hydrazine groups is 1. The molecule has 0 aliphatic rings. The van der Waals surface area contributed by atoms with Gasteiger partial charge in [-0.25, -0.2) is 15.8 Å². The number of nitrogens with one attached hydrogen (secondary N) is 2. The zero-order valence-corrected chi connectivity index (χ0v) is 9.57. The summed E-state index contributed by atoms with van der Waals surface area (Å²) < 4.78 is 4.97. The molecule has 0 saturated carbocycles. The molecule has 1 aromatic rings. The molecule has 0 aliphatic carbocycles. The topological polar surface area (TPSA) is 85.1 Å². The van der Waals surface area contributed by atoms with Crippen LogP contribution in [0.15, 0.2) is 12.4 Å². The number of nitrogens with zero attached hydrogens (tertiary/aromatic N) is 2. The van der Waals surface area contributed by atoms with Gasteiger partial charge >= 0.3 is 0 Å². The summed E-state index contributed by atoms with van der Waals surface area (Å²) in [5.41, 5.74) is 2.48. The van der Waals surface area contributed by atoms with Gasteiger partial charge in [0, 0.05) is 26.3 Å². The SMILES string of the molecule is COCCCCCNc1cc(NN)ncn1. The quantitative estimate of drug-likeness (QED) is 0.347. The van der Waals surface area contributed by atoms with Crippen molar-refractivity contribution >= 4 is 11.6 Å². The molecule has 1 heterocycles. The first-order valence-electron chi connectivity index (χ1n) is 5.38. The van der Waals surface area contributed by atoms with E-state index in [0.717, 1.165) is 38.2 Å². The number of hydrogen-bond acceptors (Lipinski definition) is 6. The Balaban J connectivity index is 2.16. The van der Waals surface area contributed by atoms with E-state index < -0.39 is 0 Å². The maximum absolute atomic E-state index is 5.25. The molecule has 6 heteroatoms. The van der Waals surface area contributed by atoms with Gasteiger partial charge in [-0.3, -0.25) is 0 Å². The lowest BCUT2D eigenvalue weighted by Gasteiger charge is -2.06. The maximum Gasteiger partial charge on any atom is 0.145 e. The van der Waals surface area contributed by atoms with Crippen LogP contribution in [0, 0.1) is 0 Å². The lowest BCUT2D eigenvalue weighted by Crippen LogP contribution is -2.10. The van der Waals surface area contributed by atoms with E-state index in [9.17, 15) is 0 Å². The molecule has 4 N–H and O–H groups in total. The summed E-state index contributed by atoms with van der Waals surface area (Å²) in [7, 11) is 1.72. The highest BCUT2D eigenvalue weighted by molar-refractivity contribution is 5.45. The number of nitrogen functional groups attached to an aromatic ring is 1. The van der Waals surface area contributed by atoms with Crippen molar-refractivity contribution in [3.05, 3.63) is 12.4 Å². The van der Waals surface area contributed by atoms with E-state index in [1.807, 2.05) is 0 Å². The average molecular weight is 225 g/mol. The molecule has 0 saturated heterocycles. The van der Waals surface area contributed by atoms with Crippen molar-refractivity contribution in [2.45, 2.75) is 19.3 Å². The van der Waals surface area contributed by atoms with Crippen LogP contribution in [0.2, 0.25) is 0 Å². The molecule has 1 rings (SSSR count). The van der Waals surface area contributed by atoms with E-state index in [-0.39, 0.29) is 0 Å². The smallest absolute Gasteiger partial charge is 0.145 e. The van der Waals surface area contributed by atoms with Crippen molar-refractivity contribution in [3.8, 4) is 0 Å². The van der Waals surface area contributed by atoms with Crippen LogP contribution in [-0.2, 0) is 4.74 Å². The third-order valence-electron chi connectivity index (χ3n) is 2.15. The Hall–Kier alpha value is -1.40. The minimum Gasteiger partial charge on any atom is -0.385 e. The first-order valence-corrected chi connectivity index (χ1v) is 5.38. The summed E-state index contributed by atoms with van der Waals surface area (Å²) in [6.07, 6.45) is 4.81. The Kier molecular flexibility index (Phi) is 6.20. The molecule has 6 nitrogen and oxygen atoms in total. The van der Waals surface area contributed by atoms with E-state index in [1.54, 1.807) is 13.2 Å². The van der Waals surface area contributed by atoms with Crippen LogP contribution in [0.1, 0.15) is 19.3 Å². The van der Waals surface area contributed by atoms with E-state index >= 15 is 0 Å². The fraction of sp³-hybridized carbons (Fsp3) is 0.600. The zero-order valence-electron chi connectivity index (χ0n) is 9.57. The normalized spacial score (nSPS) is 10.1. The van der Waals surface area contributed by atoms with Crippen molar-refractivity contribution in [2.24, 2.45) is 5.84 Å². The highest BCUT2D eigenvalue weighted by atomic mass is 16.5. The summed E-state index contributed by atoms with van der Waals surface area (Å²) >= 11 is 0. The third kappa shape index (κ3) is 4.90. The van der Waals surface area contributed by atoms with E-state index in [0.29, 0.717) is 5.82 Å². The second kappa shape index (κ2) is 7.84. The molecule has 0 aliphatic heterocycles. The van der Waals surface area contributed by atoms with Gasteiger partial charge in [-0.05, 0) is 19.3 Å². The Morgan fingerprint density at radius 1 is 1.25 bits per heavy atom. The Bertz CT molecular complexity index is 294. The number of unbranched alkanes of at least 4 members (excludes halogenated alkanes) is 2.